The number of hydrogen-bond acceptors (Lipinski definition) is 9. The Hall–Kier alpha value is 2.34. The van der Waals surface area contributed by atoms with Crippen molar-refractivity contribution in [3.63, 3.8) is 0 Å². The van der Waals surface area contributed by atoms with Crippen molar-refractivity contribution in [1.82, 2.24) is 0 Å². The summed E-state index contributed by atoms with van der Waals surface area (Å²) in [5.74, 6) is 0. The van der Waals surface area contributed by atoms with E-state index < -0.39 is 44.4 Å². The molecular weight excluding hydrogens is 549 g/mol. The van der Waals surface area contributed by atoms with Crippen LogP contribution in [0.15, 0.2) is 0 Å². The third-order valence-electron chi connectivity index (χ3n) is 0. The maximum Gasteiger partial charge on any atom is 0.216 e. The minimum absolute atomic E-state index is 0. The molecular formula is Br3HoO9-3. The Morgan fingerprint density at radius 1 is 0.385 bits per heavy atom. The topological polar surface area (TPSA) is 208 Å². The van der Waals surface area contributed by atoms with Gasteiger partial charge in [0.15, 0.2) is 0 Å². The van der Waals surface area contributed by atoms with E-state index in [4.69, 9.17) is 37.8 Å². The zero-order valence-corrected chi connectivity index (χ0v) is 11.8. The summed E-state index contributed by atoms with van der Waals surface area (Å²) in [6.07, 6.45) is 0. The van der Waals surface area contributed by atoms with E-state index in [2.05, 4.69) is 0 Å². The predicted molar refractivity (Wildman–Crippen MR) is 0 cm³/mol. The summed E-state index contributed by atoms with van der Waals surface area (Å²) in [5, 5.41) is 0. The van der Waals surface area contributed by atoms with Crippen molar-refractivity contribution in [2.75, 3.05) is 0 Å². The molecule has 89 valence electrons. The Morgan fingerprint density at radius 3 is 0.385 bits per heavy atom. The molecule has 0 heterocycles. The van der Waals surface area contributed by atoms with Gasteiger partial charge < -0.3 is 37.8 Å². The number of halogens is 3. The van der Waals surface area contributed by atoms with Crippen molar-refractivity contribution in [2.24, 2.45) is 0 Å². The smallest absolute Gasteiger partial charge is 0.216 e. The first-order chi connectivity index (χ1) is 5.20. The normalized spacial score (nSPS) is 8.31. The van der Waals surface area contributed by atoms with Crippen molar-refractivity contribution in [3.05, 3.63) is 0 Å². The Kier molecular flexibility index (Phi) is 37.4. The van der Waals surface area contributed by atoms with E-state index in [0.29, 0.717) is 0 Å². The molecule has 1 radical (unpaired) electrons. The van der Waals surface area contributed by atoms with Gasteiger partial charge in [-0.3, -0.25) is 0 Å². The maximum atomic E-state index is 8.52. The van der Waals surface area contributed by atoms with Crippen molar-refractivity contribution < 1.29 is 120 Å². The molecule has 13 heavy (non-hydrogen) atoms. The Morgan fingerprint density at radius 2 is 0.385 bits per heavy atom. The fourth-order valence-corrected chi connectivity index (χ4v) is 0. The van der Waals surface area contributed by atoms with Crippen molar-refractivity contribution >= 4 is 0 Å². The predicted octanol–water partition coefficient (Wildman–Crippen LogP) is -10.7. The summed E-state index contributed by atoms with van der Waals surface area (Å²) in [7, 11) is 0. The quantitative estimate of drug-likeness (QED) is 0.263. The first-order valence-electron chi connectivity index (χ1n) is 1.39. The summed E-state index contributed by atoms with van der Waals surface area (Å²) in [4.78, 5) is 0. The van der Waals surface area contributed by atoms with Crippen LogP contribution in [0.5, 0.6) is 0 Å². The van der Waals surface area contributed by atoms with Gasteiger partial charge in [-0.2, -0.15) is 0 Å². The van der Waals surface area contributed by atoms with Crippen molar-refractivity contribution in [1.29, 1.82) is 0 Å². The molecule has 0 aromatic heterocycles. The standard InChI is InChI=1S/3BrO3.Ho/c3*2-1(3)4;/q3*-1;. The molecule has 13 heteroatoms. The SMILES string of the molecule is [Ho].[O-][Br+2]([O-])[O-].[O-][Br+2]([O-])[O-].[O-][Br+2]([O-])[O-]. The maximum absolute atomic E-state index is 8.52. The summed E-state index contributed by atoms with van der Waals surface area (Å²) >= 11 is -10.9. The average Bonchev–Trinajstić information content (AvgIpc) is 1.54. The zero-order valence-electron chi connectivity index (χ0n) is 5.11. The second-order valence-electron chi connectivity index (χ2n) is 0.567. The third kappa shape index (κ3) is 399. The summed E-state index contributed by atoms with van der Waals surface area (Å²) < 4.78 is 76.7. The van der Waals surface area contributed by atoms with Gasteiger partial charge in [0, 0.05) is 37.7 Å². The van der Waals surface area contributed by atoms with Gasteiger partial charge in [0.2, 0.25) is 44.4 Å². The van der Waals surface area contributed by atoms with Crippen LogP contribution >= 0.6 is 0 Å². The molecule has 0 saturated heterocycles. The van der Waals surface area contributed by atoms with Crippen LogP contribution in [0.2, 0.25) is 0 Å². The molecule has 0 aliphatic rings. The van der Waals surface area contributed by atoms with Gasteiger partial charge in [-0.1, -0.05) is 0 Å². The van der Waals surface area contributed by atoms with E-state index in [9.17, 15) is 0 Å². The van der Waals surface area contributed by atoms with E-state index in [1.807, 2.05) is 0 Å². The van der Waals surface area contributed by atoms with E-state index in [0.717, 1.165) is 0 Å². The van der Waals surface area contributed by atoms with Crippen molar-refractivity contribution in [2.45, 2.75) is 0 Å². The van der Waals surface area contributed by atoms with Gasteiger partial charge >= 0.3 is 0 Å². The minimum atomic E-state index is -3.65. The number of rotatable bonds is 0. The van der Waals surface area contributed by atoms with Gasteiger partial charge in [0.05, 0.1) is 0 Å². The van der Waals surface area contributed by atoms with Crippen LogP contribution in [0, 0.1) is 82.2 Å². The van der Waals surface area contributed by atoms with Crippen LogP contribution in [0.4, 0.5) is 0 Å². The van der Waals surface area contributed by atoms with Crippen molar-refractivity contribution in [3.8, 4) is 0 Å². The van der Waals surface area contributed by atoms with Crippen LogP contribution in [-0.4, -0.2) is 0 Å². The van der Waals surface area contributed by atoms with E-state index in [-0.39, 0.29) is 37.7 Å². The summed E-state index contributed by atoms with van der Waals surface area (Å²) in [6, 6.07) is 0. The largest absolute Gasteiger partial charge is 0.405 e. The van der Waals surface area contributed by atoms with E-state index in [1.54, 1.807) is 0 Å². The molecule has 9 nitrogen and oxygen atoms in total. The van der Waals surface area contributed by atoms with Crippen LogP contribution < -0.4 is 37.8 Å². The molecule has 0 fully saturated rings. The van der Waals surface area contributed by atoms with Gasteiger partial charge in [-0.15, -0.1) is 0 Å². The van der Waals surface area contributed by atoms with E-state index in [1.165, 1.54) is 0 Å². The Labute approximate surface area is 118 Å². The summed E-state index contributed by atoms with van der Waals surface area (Å²) in [6.45, 7) is 0. The van der Waals surface area contributed by atoms with Crippen LogP contribution in [-0.2, 0) is 0 Å². The first kappa shape index (κ1) is 24.5. The number of hydrogen-bond donors (Lipinski definition) is 0. The van der Waals surface area contributed by atoms with Gasteiger partial charge in [0.1, 0.15) is 0 Å². The molecule has 0 amide bonds. The Balaban J connectivity index is -0.0000000450. The molecule has 0 bridgehead atoms. The van der Waals surface area contributed by atoms with E-state index >= 15 is 0 Å². The van der Waals surface area contributed by atoms with Crippen LogP contribution in [0.25, 0.3) is 0 Å². The first-order valence-corrected chi connectivity index (χ1v) is 7.22. The van der Waals surface area contributed by atoms with Gasteiger partial charge in [-0.25, -0.2) is 0 Å². The average molecular weight is 549 g/mol. The molecule has 0 aromatic rings. The minimum Gasteiger partial charge on any atom is -0.405 e. The molecule has 0 aliphatic carbocycles. The summed E-state index contributed by atoms with van der Waals surface area (Å²) in [5.41, 5.74) is 0. The second kappa shape index (κ2) is 19.8. The molecule has 0 spiro atoms. The molecule has 0 aromatic carbocycles. The molecule has 0 unspecified atom stereocenters. The fourth-order valence-electron chi connectivity index (χ4n) is 0. The van der Waals surface area contributed by atoms with Crippen LogP contribution in [0.3, 0.4) is 0 Å². The molecule has 0 N–H and O–H groups in total. The monoisotopic (exact) mass is 546 g/mol. The fraction of sp³-hybridized carbons (Fsp3) is 0. The molecule has 0 atom stereocenters. The third-order valence-corrected chi connectivity index (χ3v) is 0. The zero-order chi connectivity index (χ0) is 10.7. The Bertz CT molecular complexity index is 43.4. The van der Waals surface area contributed by atoms with Gasteiger partial charge in [-0.05, 0) is 0 Å². The molecule has 0 saturated carbocycles. The molecule has 0 aliphatic heterocycles. The molecule has 0 rings (SSSR count). The van der Waals surface area contributed by atoms with Crippen LogP contribution in [0.1, 0.15) is 0 Å². The van der Waals surface area contributed by atoms with Gasteiger partial charge in [0.25, 0.3) is 0 Å². The second-order valence-corrected chi connectivity index (χ2v) is 2.95.